The van der Waals surface area contributed by atoms with Crippen LogP contribution in [0.25, 0.3) is 0 Å². The second-order valence-electron chi connectivity index (χ2n) is 7.33. The molecule has 2 aromatic carbocycles. The highest BCUT2D eigenvalue weighted by atomic mass is 79.9. The molecule has 1 N–H and O–H groups in total. The summed E-state index contributed by atoms with van der Waals surface area (Å²) in [6.07, 6.45) is 4.31. The van der Waals surface area contributed by atoms with Gasteiger partial charge in [0.1, 0.15) is 5.75 Å². The third kappa shape index (κ3) is 3.29. The monoisotopic (exact) mass is 445 g/mol. The number of β-amino-alcohol motifs (C(OH)–C–C–N with tert-alkyl or cyclic N) is 1. The maximum atomic E-state index is 11.9. The molecule has 0 bridgehead atoms. The number of benzene rings is 2. The average molecular weight is 446 g/mol. The van der Waals surface area contributed by atoms with Gasteiger partial charge in [0.15, 0.2) is 18.0 Å². The minimum absolute atomic E-state index is 0.465. The number of halogens is 1. The smallest absolute Gasteiger partial charge is 0.271 e. The van der Waals surface area contributed by atoms with Gasteiger partial charge >= 0.3 is 0 Å². The van der Waals surface area contributed by atoms with Crippen molar-refractivity contribution in [1.29, 1.82) is 0 Å². The van der Waals surface area contributed by atoms with Crippen LogP contribution in [-0.4, -0.2) is 42.8 Å². The summed E-state index contributed by atoms with van der Waals surface area (Å²) in [5.74, 6) is 2.66. The Morgan fingerprint density at radius 2 is 1.82 bits per heavy atom. The normalized spacial score (nSPS) is 22.1. The molecule has 148 valence electrons. The predicted molar refractivity (Wildman–Crippen MR) is 114 cm³/mol. The summed E-state index contributed by atoms with van der Waals surface area (Å²) in [4.78, 5) is 2.21. The molecule has 0 aliphatic carbocycles. The van der Waals surface area contributed by atoms with Crippen molar-refractivity contribution in [3.05, 3.63) is 52.5 Å². The summed E-state index contributed by atoms with van der Waals surface area (Å²) in [7, 11) is 3.32. The zero-order valence-corrected chi connectivity index (χ0v) is 17.9. The second kappa shape index (κ2) is 7.76. The van der Waals surface area contributed by atoms with Crippen molar-refractivity contribution in [2.75, 3.05) is 32.2 Å². The summed E-state index contributed by atoms with van der Waals surface area (Å²) in [6, 6.07) is 13.8. The number of nitrogens with zero attached hydrogens (tertiary/aromatic N) is 2. The molecule has 0 saturated carbocycles. The SMILES string of the molecule is COc1ccc(N2C[C@](O)(c3ccc(Br)cc3)[N+]3=C2CCCCC3)c(OC)c1. The van der Waals surface area contributed by atoms with Gasteiger partial charge in [-0.15, -0.1) is 0 Å². The maximum Gasteiger partial charge on any atom is 0.271 e. The van der Waals surface area contributed by atoms with Crippen LogP contribution >= 0.6 is 15.9 Å². The van der Waals surface area contributed by atoms with E-state index >= 15 is 0 Å². The van der Waals surface area contributed by atoms with E-state index in [2.05, 4.69) is 25.4 Å². The molecule has 2 aliphatic rings. The van der Waals surface area contributed by atoms with Gasteiger partial charge in [0.25, 0.3) is 11.6 Å². The minimum Gasteiger partial charge on any atom is -0.497 e. The number of ether oxygens (including phenoxy) is 2. The Morgan fingerprint density at radius 3 is 2.54 bits per heavy atom. The Morgan fingerprint density at radius 1 is 1.04 bits per heavy atom. The van der Waals surface area contributed by atoms with Gasteiger partial charge in [-0.1, -0.05) is 28.1 Å². The molecule has 4 rings (SSSR count). The zero-order valence-electron chi connectivity index (χ0n) is 16.3. The van der Waals surface area contributed by atoms with Crippen LogP contribution in [0.1, 0.15) is 31.2 Å². The third-order valence-electron chi connectivity index (χ3n) is 5.71. The van der Waals surface area contributed by atoms with Crippen molar-refractivity contribution in [1.82, 2.24) is 0 Å². The van der Waals surface area contributed by atoms with Gasteiger partial charge < -0.3 is 14.6 Å². The minimum atomic E-state index is -1.06. The molecule has 2 aliphatic heterocycles. The largest absolute Gasteiger partial charge is 0.497 e. The van der Waals surface area contributed by atoms with Crippen LogP contribution < -0.4 is 14.4 Å². The number of methoxy groups -OCH3 is 2. The van der Waals surface area contributed by atoms with Gasteiger partial charge in [-0.25, -0.2) is 9.48 Å². The molecule has 5 nitrogen and oxygen atoms in total. The standard InChI is InChI=1S/C22H26BrN2O3/c1-27-18-11-12-19(20(14-18)28-2)24-15-22(26,16-7-9-17(23)10-8-16)25-13-5-3-4-6-21(24)25/h7-12,14,26H,3-6,13,15H2,1-2H3/q+1/t22-/m0/s1. The van der Waals surface area contributed by atoms with Crippen molar-refractivity contribution in [3.8, 4) is 11.5 Å². The first-order valence-electron chi connectivity index (χ1n) is 9.68. The third-order valence-corrected chi connectivity index (χ3v) is 6.24. The molecular weight excluding hydrogens is 420 g/mol. The van der Waals surface area contributed by atoms with Gasteiger partial charge in [0.2, 0.25) is 0 Å². The lowest BCUT2D eigenvalue weighted by molar-refractivity contribution is -0.658. The van der Waals surface area contributed by atoms with E-state index in [1.807, 2.05) is 42.5 Å². The first-order valence-corrected chi connectivity index (χ1v) is 10.5. The molecule has 0 fully saturated rings. The summed E-state index contributed by atoms with van der Waals surface area (Å²) in [6.45, 7) is 1.31. The van der Waals surface area contributed by atoms with E-state index in [9.17, 15) is 5.11 Å². The van der Waals surface area contributed by atoms with Crippen LogP contribution in [0.15, 0.2) is 46.9 Å². The molecule has 2 aromatic rings. The molecule has 2 heterocycles. The molecule has 6 heteroatoms. The molecule has 28 heavy (non-hydrogen) atoms. The molecular formula is C22H26BrN2O3+. The fourth-order valence-corrected chi connectivity index (χ4v) is 4.53. The van der Waals surface area contributed by atoms with E-state index in [0.717, 1.165) is 58.9 Å². The quantitative estimate of drug-likeness (QED) is 0.718. The van der Waals surface area contributed by atoms with Crippen LogP contribution in [0.4, 0.5) is 5.69 Å². The summed E-state index contributed by atoms with van der Waals surface area (Å²) < 4.78 is 14.2. The van der Waals surface area contributed by atoms with E-state index in [1.54, 1.807) is 14.2 Å². The van der Waals surface area contributed by atoms with Crippen LogP contribution in [0.2, 0.25) is 0 Å². The van der Waals surface area contributed by atoms with Gasteiger partial charge in [0, 0.05) is 22.5 Å². The first-order chi connectivity index (χ1) is 13.6. The average Bonchev–Trinajstić information content (AvgIpc) is 2.87. The summed E-state index contributed by atoms with van der Waals surface area (Å²) >= 11 is 3.49. The summed E-state index contributed by atoms with van der Waals surface area (Å²) in [5.41, 5.74) is 0.800. The number of rotatable bonds is 4. The van der Waals surface area contributed by atoms with Crippen LogP contribution in [-0.2, 0) is 5.72 Å². The molecule has 0 saturated heterocycles. The molecule has 1 atom stereocenters. The van der Waals surface area contributed by atoms with Gasteiger partial charge in [-0.2, -0.15) is 0 Å². The highest BCUT2D eigenvalue weighted by molar-refractivity contribution is 9.10. The lowest BCUT2D eigenvalue weighted by Gasteiger charge is -2.24. The van der Waals surface area contributed by atoms with Crippen molar-refractivity contribution < 1.29 is 19.2 Å². The van der Waals surface area contributed by atoms with E-state index in [1.165, 1.54) is 6.42 Å². The molecule has 0 aromatic heterocycles. The Balaban J connectivity index is 1.82. The number of hydrogen-bond acceptors (Lipinski definition) is 4. The predicted octanol–water partition coefficient (Wildman–Crippen LogP) is 4.12. The van der Waals surface area contributed by atoms with Crippen molar-refractivity contribution in [3.63, 3.8) is 0 Å². The Kier molecular flexibility index (Phi) is 5.34. The van der Waals surface area contributed by atoms with Crippen LogP contribution in [0.3, 0.4) is 0 Å². The lowest BCUT2D eigenvalue weighted by atomic mass is 10.0. The Hall–Kier alpha value is -2.05. The van der Waals surface area contributed by atoms with E-state index in [0.29, 0.717) is 6.54 Å². The highest BCUT2D eigenvalue weighted by Gasteiger charge is 2.52. The molecule has 0 amide bonds. The van der Waals surface area contributed by atoms with E-state index in [-0.39, 0.29) is 0 Å². The van der Waals surface area contributed by atoms with Crippen molar-refractivity contribution in [2.24, 2.45) is 0 Å². The Bertz CT molecular complexity index is 897. The zero-order chi connectivity index (χ0) is 19.7. The lowest BCUT2D eigenvalue weighted by Crippen LogP contribution is -2.41. The van der Waals surface area contributed by atoms with E-state index in [4.69, 9.17) is 9.47 Å². The van der Waals surface area contributed by atoms with Gasteiger partial charge in [0.05, 0.1) is 20.8 Å². The second-order valence-corrected chi connectivity index (χ2v) is 8.24. The van der Waals surface area contributed by atoms with Gasteiger partial charge in [-0.05, 0) is 43.5 Å². The molecule has 0 spiro atoms. The summed E-state index contributed by atoms with van der Waals surface area (Å²) in [5, 5.41) is 11.9. The first kappa shape index (κ1) is 19.3. The molecule has 0 radical (unpaired) electrons. The van der Waals surface area contributed by atoms with E-state index < -0.39 is 5.72 Å². The Labute approximate surface area is 174 Å². The number of hydrogen-bond donors (Lipinski definition) is 1. The van der Waals surface area contributed by atoms with Crippen LogP contribution in [0, 0.1) is 0 Å². The van der Waals surface area contributed by atoms with Gasteiger partial charge in [-0.3, -0.25) is 0 Å². The highest BCUT2D eigenvalue weighted by Crippen LogP contribution is 2.40. The topological polar surface area (TPSA) is 44.9 Å². The van der Waals surface area contributed by atoms with Crippen molar-refractivity contribution >= 4 is 27.5 Å². The number of amidine groups is 1. The molecule has 0 unspecified atom stereocenters. The van der Waals surface area contributed by atoms with Crippen LogP contribution in [0.5, 0.6) is 11.5 Å². The maximum absolute atomic E-state index is 11.9. The number of aliphatic hydroxyl groups is 1. The number of anilines is 1. The van der Waals surface area contributed by atoms with Crippen molar-refractivity contribution in [2.45, 2.75) is 31.4 Å². The fourth-order valence-electron chi connectivity index (χ4n) is 4.27. The fraction of sp³-hybridized carbons (Fsp3) is 0.409.